The van der Waals surface area contributed by atoms with Gasteiger partial charge in [-0.25, -0.2) is 0 Å². The second-order valence-electron chi connectivity index (χ2n) is 3.87. The Labute approximate surface area is 181 Å². The molecule has 1 rings (SSSR count). The SMILES string of the molecule is [C-]#[O+].[C-]#[O+].[C-]#[O+].[C-]#[O+].[C-]#[O+].[C-]#[O+].[CH]=[C][C@@]1(O)C[C@H](C(=C)C)CC=C1C.[Co].[Co]. The minimum absolute atomic E-state index is 0. The average Bonchev–Trinajstić information content (AvgIpc) is 2.73. The topological polar surface area (TPSA) is 140 Å². The molecular formula is C18H16Co2O7. The molecule has 0 heterocycles. The second-order valence-corrected chi connectivity index (χ2v) is 3.87. The molecule has 0 saturated carbocycles. The predicted octanol–water partition coefficient (Wildman–Crippen LogP) is 2.21. The van der Waals surface area contributed by atoms with Gasteiger partial charge >= 0.3 is 67.8 Å². The number of aliphatic hydroxyl groups is 1. The van der Waals surface area contributed by atoms with E-state index in [9.17, 15) is 5.11 Å². The maximum atomic E-state index is 10.0. The smallest absolute Gasteiger partial charge is 0.111 e. The van der Waals surface area contributed by atoms with Crippen LogP contribution in [0, 0.1) is 58.5 Å². The van der Waals surface area contributed by atoms with Crippen LogP contribution in [0.2, 0.25) is 0 Å². The van der Waals surface area contributed by atoms with Crippen molar-refractivity contribution in [2.75, 3.05) is 0 Å². The van der Waals surface area contributed by atoms with Crippen molar-refractivity contribution in [2.45, 2.75) is 32.3 Å². The third kappa shape index (κ3) is 27.0. The molecule has 0 aromatic heterocycles. The molecule has 1 aliphatic carbocycles. The van der Waals surface area contributed by atoms with E-state index in [0.29, 0.717) is 12.3 Å². The normalized spacial score (nSPS) is 16.7. The van der Waals surface area contributed by atoms with Gasteiger partial charge in [0.25, 0.3) is 0 Å². The van der Waals surface area contributed by atoms with Crippen molar-refractivity contribution in [1.82, 2.24) is 0 Å². The number of hydrogen-bond acceptors (Lipinski definition) is 1. The first kappa shape index (κ1) is 50.0. The van der Waals surface area contributed by atoms with Crippen molar-refractivity contribution in [3.8, 4) is 0 Å². The van der Waals surface area contributed by atoms with Gasteiger partial charge in [-0.3, -0.25) is 0 Å². The zero-order valence-corrected chi connectivity index (χ0v) is 16.5. The minimum atomic E-state index is -1.04. The van der Waals surface area contributed by atoms with Gasteiger partial charge in [0.2, 0.25) is 0 Å². The maximum Gasteiger partial charge on any atom is 0.111 e. The molecule has 0 saturated heterocycles. The standard InChI is InChI=1S/C12H16O.6CO.2Co/c1-5-12(13)8-11(9(2)3)7-6-10(12)4;6*1-2;;/h1,6,11,13H,2,7-8H2,3-4H3;;;;;;;;/t11-,12-;;;;;;;;/m1......../s1. The van der Waals surface area contributed by atoms with Crippen LogP contribution in [0.25, 0.3) is 0 Å². The average molecular weight is 462 g/mol. The summed E-state index contributed by atoms with van der Waals surface area (Å²) in [5.41, 5.74) is 0.951. The summed E-state index contributed by atoms with van der Waals surface area (Å²) >= 11 is 0. The molecule has 27 heavy (non-hydrogen) atoms. The van der Waals surface area contributed by atoms with Crippen molar-refractivity contribution >= 4 is 0 Å². The van der Waals surface area contributed by atoms with E-state index in [1.165, 1.54) is 0 Å². The molecule has 7 nitrogen and oxygen atoms in total. The van der Waals surface area contributed by atoms with Gasteiger partial charge < -0.3 is 5.11 Å². The van der Waals surface area contributed by atoms with E-state index in [1.54, 1.807) is 0 Å². The van der Waals surface area contributed by atoms with E-state index in [-0.39, 0.29) is 33.6 Å². The van der Waals surface area contributed by atoms with E-state index in [2.05, 4.69) is 52.6 Å². The Morgan fingerprint density at radius 3 is 1.56 bits per heavy atom. The summed E-state index contributed by atoms with van der Waals surface area (Å²) in [7, 11) is 0. The van der Waals surface area contributed by atoms with Crippen molar-refractivity contribution in [3.63, 3.8) is 0 Å². The largest absolute Gasteiger partial charge is 0.381 e. The molecule has 1 N–H and O–H groups in total. The minimum Gasteiger partial charge on any atom is -0.381 e. The number of allylic oxidation sites excluding steroid dienone is 2. The Kier molecular flexibility index (Phi) is 82.0. The zero-order chi connectivity index (χ0) is 22.1. The Hall–Kier alpha value is -1.37. The third-order valence-electron chi connectivity index (χ3n) is 2.84. The molecule has 0 unspecified atom stereocenters. The molecule has 0 amide bonds. The van der Waals surface area contributed by atoms with Gasteiger partial charge in [-0.15, -0.1) is 0 Å². The molecule has 148 valence electrons. The monoisotopic (exact) mass is 462 g/mol. The van der Waals surface area contributed by atoms with Crippen LogP contribution in [0.3, 0.4) is 0 Å². The van der Waals surface area contributed by atoms with E-state index >= 15 is 0 Å². The molecule has 0 spiro atoms. The summed E-state index contributed by atoms with van der Waals surface area (Å²) < 4.78 is 45.0. The van der Waals surface area contributed by atoms with Crippen molar-refractivity contribution in [3.05, 3.63) is 76.4 Å². The summed E-state index contributed by atoms with van der Waals surface area (Å²) in [6.45, 7) is 40.1. The first-order chi connectivity index (χ1) is 12.0. The number of hydrogen-bond donors (Lipinski definition) is 1. The van der Waals surface area contributed by atoms with E-state index in [0.717, 1.165) is 17.6 Å². The predicted molar refractivity (Wildman–Crippen MR) is 77.4 cm³/mol. The van der Waals surface area contributed by atoms with Gasteiger partial charge in [0, 0.05) is 33.6 Å². The second kappa shape index (κ2) is 44.2. The van der Waals surface area contributed by atoms with E-state index < -0.39 is 5.60 Å². The first-order valence-corrected chi connectivity index (χ1v) is 5.75. The Balaban J connectivity index is -0.0000000370. The van der Waals surface area contributed by atoms with Crippen molar-refractivity contribution in [1.29, 1.82) is 0 Å². The quantitative estimate of drug-likeness (QED) is 0.375. The van der Waals surface area contributed by atoms with Gasteiger partial charge in [0.15, 0.2) is 0 Å². The van der Waals surface area contributed by atoms with Crippen LogP contribution in [0.15, 0.2) is 23.8 Å². The Bertz CT molecular complexity index is 453. The molecule has 1 aliphatic rings. The summed E-state index contributed by atoms with van der Waals surface area (Å²) in [5.74, 6) is 0.324. The molecule has 4 radical (unpaired) electrons. The summed E-state index contributed by atoms with van der Waals surface area (Å²) in [4.78, 5) is 0. The zero-order valence-electron chi connectivity index (χ0n) is 14.4. The first-order valence-electron chi connectivity index (χ1n) is 5.75. The van der Waals surface area contributed by atoms with Gasteiger partial charge in [0.05, 0.1) is 0 Å². The Morgan fingerprint density at radius 1 is 1.04 bits per heavy atom. The molecule has 9 heteroatoms. The molecule has 2 atom stereocenters. The molecule has 0 aromatic carbocycles. The van der Waals surface area contributed by atoms with Crippen LogP contribution in [0.5, 0.6) is 0 Å². The molecule has 0 fully saturated rings. The summed E-state index contributed by atoms with van der Waals surface area (Å²) in [6, 6.07) is 0. The van der Waals surface area contributed by atoms with Crippen LogP contribution in [-0.4, -0.2) is 10.7 Å². The van der Waals surface area contributed by atoms with Gasteiger partial charge in [-0.05, 0) is 44.3 Å². The van der Waals surface area contributed by atoms with Crippen LogP contribution < -0.4 is 0 Å². The van der Waals surface area contributed by atoms with Gasteiger partial charge in [-0.1, -0.05) is 24.8 Å². The van der Waals surface area contributed by atoms with E-state index in [4.69, 9.17) is 34.5 Å². The maximum absolute atomic E-state index is 10.0. The molecule has 0 bridgehead atoms. The Morgan fingerprint density at radius 2 is 1.33 bits per heavy atom. The summed E-state index contributed by atoms with van der Waals surface area (Å²) in [6.07, 6.45) is 6.04. The fourth-order valence-corrected chi connectivity index (χ4v) is 1.64. The van der Waals surface area contributed by atoms with E-state index in [1.807, 2.05) is 19.9 Å². The third-order valence-corrected chi connectivity index (χ3v) is 2.84. The van der Waals surface area contributed by atoms with Crippen LogP contribution in [0.4, 0.5) is 0 Å². The summed E-state index contributed by atoms with van der Waals surface area (Å²) in [5, 5.41) is 10.0. The number of rotatable bonds is 2. The molecular weight excluding hydrogens is 446 g/mol. The van der Waals surface area contributed by atoms with Crippen LogP contribution >= 0.6 is 0 Å². The molecule has 0 aliphatic heterocycles. The van der Waals surface area contributed by atoms with Crippen molar-refractivity contribution in [2.24, 2.45) is 5.92 Å². The van der Waals surface area contributed by atoms with Gasteiger partial charge in [0.1, 0.15) is 5.60 Å². The van der Waals surface area contributed by atoms with Crippen LogP contribution in [-0.2, 0) is 61.5 Å². The van der Waals surface area contributed by atoms with Crippen molar-refractivity contribution < 1.29 is 66.6 Å². The fourth-order valence-electron chi connectivity index (χ4n) is 1.64. The fraction of sp³-hybridized carbons (Fsp3) is 0.333. The molecule has 0 aromatic rings. The van der Waals surface area contributed by atoms with Crippen LogP contribution in [0.1, 0.15) is 26.7 Å². The van der Waals surface area contributed by atoms with Gasteiger partial charge in [-0.2, -0.15) is 0 Å².